The molecule has 3 nitrogen and oxygen atoms in total. The number of nitrogens with one attached hydrogen (secondary N) is 1. The molecule has 2 saturated heterocycles. The molecular formula is C14H27ClN2O. The van der Waals surface area contributed by atoms with Gasteiger partial charge in [0.15, 0.2) is 0 Å². The van der Waals surface area contributed by atoms with Crippen LogP contribution in [0.3, 0.4) is 0 Å². The number of carbonyl (C=O) groups excluding carboxylic acids is 1. The van der Waals surface area contributed by atoms with Gasteiger partial charge in [-0.3, -0.25) is 4.79 Å². The van der Waals surface area contributed by atoms with Gasteiger partial charge in [-0.05, 0) is 51.5 Å². The van der Waals surface area contributed by atoms with E-state index in [1.165, 1.54) is 19.3 Å². The Morgan fingerprint density at radius 3 is 2.72 bits per heavy atom. The van der Waals surface area contributed by atoms with Gasteiger partial charge in [0.2, 0.25) is 5.91 Å². The summed E-state index contributed by atoms with van der Waals surface area (Å²) >= 11 is 0. The van der Waals surface area contributed by atoms with Crippen LogP contribution >= 0.6 is 12.4 Å². The van der Waals surface area contributed by atoms with Crippen molar-refractivity contribution < 1.29 is 4.79 Å². The number of rotatable bonds is 1. The summed E-state index contributed by atoms with van der Waals surface area (Å²) in [5.74, 6) is 1.17. The molecular weight excluding hydrogens is 248 g/mol. The van der Waals surface area contributed by atoms with Gasteiger partial charge in [-0.25, -0.2) is 0 Å². The molecule has 0 aromatic rings. The number of piperidine rings is 1. The Morgan fingerprint density at radius 1 is 1.28 bits per heavy atom. The molecule has 0 bridgehead atoms. The third-order valence-electron chi connectivity index (χ3n) is 4.42. The number of hydrogen-bond acceptors (Lipinski definition) is 2. The summed E-state index contributed by atoms with van der Waals surface area (Å²) in [6, 6.07) is 0. The van der Waals surface area contributed by atoms with E-state index < -0.39 is 0 Å². The van der Waals surface area contributed by atoms with Crippen LogP contribution in [0.25, 0.3) is 0 Å². The van der Waals surface area contributed by atoms with Crippen LogP contribution in [0.4, 0.5) is 0 Å². The summed E-state index contributed by atoms with van der Waals surface area (Å²) in [6.07, 6.45) is 5.81. The first kappa shape index (κ1) is 15.8. The van der Waals surface area contributed by atoms with Gasteiger partial charge in [0.1, 0.15) is 0 Å². The van der Waals surface area contributed by atoms with Crippen LogP contribution in [0, 0.1) is 11.3 Å². The zero-order valence-corrected chi connectivity index (χ0v) is 12.5. The van der Waals surface area contributed by atoms with E-state index in [-0.39, 0.29) is 17.8 Å². The molecule has 18 heavy (non-hydrogen) atoms. The Kier molecular flexibility index (Phi) is 5.93. The molecule has 1 amide bonds. The predicted molar refractivity (Wildman–Crippen MR) is 77.1 cm³/mol. The maximum absolute atomic E-state index is 12.6. The second-order valence-corrected chi connectivity index (χ2v) is 6.17. The Labute approximate surface area is 117 Å². The molecule has 2 fully saturated rings. The number of amides is 1. The Bertz CT molecular complexity index is 277. The lowest BCUT2D eigenvalue weighted by atomic mass is 9.81. The van der Waals surface area contributed by atoms with E-state index in [1.807, 2.05) is 0 Å². The lowest BCUT2D eigenvalue weighted by molar-refractivity contribution is -0.142. The summed E-state index contributed by atoms with van der Waals surface area (Å²) in [5.41, 5.74) is -0.147. The monoisotopic (exact) mass is 274 g/mol. The molecule has 0 aromatic carbocycles. The first-order chi connectivity index (χ1) is 8.12. The SMILES string of the molecule is CC1CCCN(C(=O)C2(C)CCCNC2)CC1.Cl. The smallest absolute Gasteiger partial charge is 0.229 e. The molecule has 2 rings (SSSR count). The maximum Gasteiger partial charge on any atom is 0.229 e. The van der Waals surface area contributed by atoms with Crippen molar-refractivity contribution in [3.8, 4) is 0 Å². The van der Waals surface area contributed by atoms with Crippen LogP contribution in [-0.4, -0.2) is 37.0 Å². The van der Waals surface area contributed by atoms with Crippen LogP contribution in [-0.2, 0) is 4.79 Å². The van der Waals surface area contributed by atoms with Crippen molar-refractivity contribution in [1.82, 2.24) is 10.2 Å². The predicted octanol–water partition coefficient (Wildman–Crippen LogP) is 2.45. The third kappa shape index (κ3) is 3.61. The molecule has 2 unspecified atom stereocenters. The second-order valence-electron chi connectivity index (χ2n) is 6.17. The van der Waals surface area contributed by atoms with Crippen molar-refractivity contribution >= 4 is 18.3 Å². The fourth-order valence-electron chi connectivity index (χ4n) is 3.09. The molecule has 4 heteroatoms. The highest BCUT2D eigenvalue weighted by Gasteiger charge is 2.37. The van der Waals surface area contributed by atoms with Gasteiger partial charge >= 0.3 is 0 Å². The normalized spacial score (nSPS) is 33.4. The molecule has 2 aliphatic rings. The molecule has 2 heterocycles. The average Bonchev–Trinajstić information content (AvgIpc) is 2.54. The lowest BCUT2D eigenvalue weighted by Gasteiger charge is -2.37. The van der Waals surface area contributed by atoms with Crippen LogP contribution in [0.1, 0.15) is 46.0 Å². The van der Waals surface area contributed by atoms with Crippen molar-refractivity contribution in [2.24, 2.45) is 11.3 Å². The van der Waals surface area contributed by atoms with Crippen molar-refractivity contribution in [2.45, 2.75) is 46.0 Å². The van der Waals surface area contributed by atoms with Crippen molar-refractivity contribution in [3.05, 3.63) is 0 Å². The standard InChI is InChI=1S/C14H26N2O.ClH/c1-12-5-3-9-16(10-6-12)13(17)14(2)7-4-8-15-11-14;/h12,15H,3-11H2,1-2H3;1H. The van der Waals surface area contributed by atoms with E-state index in [2.05, 4.69) is 24.1 Å². The van der Waals surface area contributed by atoms with Gasteiger partial charge in [0, 0.05) is 19.6 Å². The first-order valence-corrected chi connectivity index (χ1v) is 7.12. The van der Waals surface area contributed by atoms with E-state index in [1.54, 1.807) is 0 Å². The van der Waals surface area contributed by atoms with Crippen LogP contribution < -0.4 is 5.32 Å². The zero-order valence-electron chi connectivity index (χ0n) is 11.7. The molecule has 106 valence electrons. The fraction of sp³-hybridized carbons (Fsp3) is 0.929. The lowest BCUT2D eigenvalue weighted by Crippen LogP contribution is -2.50. The van der Waals surface area contributed by atoms with Gasteiger partial charge in [0.05, 0.1) is 5.41 Å². The van der Waals surface area contributed by atoms with E-state index in [0.29, 0.717) is 5.91 Å². The van der Waals surface area contributed by atoms with Crippen LogP contribution in [0.15, 0.2) is 0 Å². The molecule has 0 aliphatic carbocycles. The highest BCUT2D eigenvalue weighted by molar-refractivity contribution is 5.85. The quantitative estimate of drug-likeness (QED) is 0.797. The number of carbonyl (C=O) groups is 1. The Balaban J connectivity index is 0.00000162. The van der Waals surface area contributed by atoms with Gasteiger partial charge in [-0.1, -0.05) is 6.92 Å². The van der Waals surface area contributed by atoms with Crippen molar-refractivity contribution in [3.63, 3.8) is 0 Å². The summed E-state index contributed by atoms with van der Waals surface area (Å²) in [7, 11) is 0. The largest absolute Gasteiger partial charge is 0.342 e. The zero-order chi connectivity index (χ0) is 12.3. The van der Waals surface area contributed by atoms with E-state index in [9.17, 15) is 4.79 Å². The maximum atomic E-state index is 12.6. The van der Waals surface area contributed by atoms with Crippen molar-refractivity contribution in [1.29, 1.82) is 0 Å². The highest BCUT2D eigenvalue weighted by Crippen LogP contribution is 2.29. The third-order valence-corrected chi connectivity index (χ3v) is 4.42. The van der Waals surface area contributed by atoms with Crippen molar-refractivity contribution in [2.75, 3.05) is 26.2 Å². The minimum absolute atomic E-state index is 0. The molecule has 0 spiro atoms. The molecule has 0 aromatic heterocycles. The number of nitrogens with zero attached hydrogens (tertiary/aromatic N) is 1. The van der Waals surface area contributed by atoms with Crippen LogP contribution in [0.5, 0.6) is 0 Å². The first-order valence-electron chi connectivity index (χ1n) is 7.12. The average molecular weight is 275 g/mol. The Morgan fingerprint density at radius 2 is 2.06 bits per heavy atom. The minimum atomic E-state index is -0.147. The van der Waals surface area contributed by atoms with E-state index >= 15 is 0 Å². The highest BCUT2D eigenvalue weighted by atomic mass is 35.5. The molecule has 0 saturated carbocycles. The fourth-order valence-corrected chi connectivity index (χ4v) is 3.09. The molecule has 1 N–H and O–H groups in total. The second kappa shape index (κ2) is 6.76. The van der Waals surface area contributed by atoms with E-state index in [4.69, 9.17) is 0 Å². The topological polar surface area (TPSA) is 32.3 Å². The minimum Gasteiger partial charge on any atom is -0.342 e. The van der Waals surface area contributed by atoms with Gasteiger partial charge < -0.3 is 10.2 Å². The molecule has 2 aliphatic heterocycles. The number of likely N-dealkylation sites (tertiary alicyclic amines) is 1. The Hall–Kier alpha value is -0.280. The van der Waals surface area contributed by atoms with Gasteiger partial charge in [-0.15, -0.1) is 12.4 Å². The summed E-state index contributed by atoms with van der Waals surface area (Å²) in [5, 5.41) is 3.37. The van der Waals surface area contributed by atoms with Gasteiger partial charge in [0.25, 0.3) is 0 Å². The molecule has 2 atom stereocenters. The molecule has 0 radical (unpaired) electrons. The number of halogens is 1. The summed E-state index contributed by atoms with van der Waals surface area (Å²) in [6.45, 7) is 8.31. The van der Waals surface area contributed by atoms with E-state index in [0.717, 1.165) is 44.9 Å². The van der Waals surface area contributed by atoms with Crippen LogP contribution in [0.2, 0.25) is 0 Å². The summed E-state index contributed by atoms with van der Waals surface area (Å²) in [4.78, 5) is 14.7. The summed E-state index contributed by atoms with van der Waals surface area (Å²) < 4.78 is 0. The number of hydrogen-bond donors (Lipinski definition) is 1. The van der Waals surface area contributed by atoms with Gasteiger partial charge in [-0.2, -0.15) is 0 Å².